The lowest BCUT2D eigenvalue weighted by Gasteiger charge is -2.09. The molecule has 0 aliphatic heterocycles. The molecule has 1 atom stereocenters. The Hall–Kier alpha value is -1.75. The predicted octanol–water partition coefficient (Wildman–Crippen LogP) is 3.16. The molecule has 1 amide bonds. The Labute approximate surface area is 129 Å². The van der Waals surface area contributed by atoms with Gasteiger partial charge in [-0.05, 0) is 44.4 Å². The molecule has 2 aromatic rings. The first-order valence-corrected chi connectivity index (χ1v) is 8.07. The SMILES string of the molecule is CCC(C)NC(=O)c1sc(CCc2ccncc2)nc1C. The monoisotopic (exact) mass is 303 g/mol. The first kappa shape index (κ1) is 15.6. The largest absolute Gasteiger partial charge is 0.349 e. The Morgan fingerprint density at radius 3 is 2.71 bits per heavy atom. The molecule has 0 aromatic carbocycles. The Balaban J connectivity index is 2.00. The number of pyridine rings is 1. The van der Waals surface area contributed by atoms with E-state index >= 15 is 0 Å². The number of hydrogen-bond donors (Lipinski definition) is 1. The lowest BCUT2D eigenvalue weighted by Crippen LogP contribution is -2.31. The Morgan fingerprint density at radius 1 is 1.33 bits per heavy atom. The summed E-state index contributed by atoms with van der Waals surface area (Å²) in [7, 11) is 0. The van der Waals surface area contributed by atoms with Crippen LogP contribution in [0.2, 0.25) is 0 Å². The highest BCUT2D eigenvalue weighted by Gasteiger charge is 2.16. The van der Waals surface area contributed by atoms with Gasteiger partial charge >= 0.3 is 0 Å². The molecule has 1 unspecified atom stereocenters. The molecule has 0 fully saturated rings. The average Bonchev–Trinajstić information content (AvgIpc) is 2.87. The summed E-state index contributed by atoms with van der Waals surface area (Å²) in [4.78, 5) is 21.4. The standard InChI is InChI=1S/C16H21N3OS/c1-4-11(2)18-16(20)15-12(3)19-14(21-15)6-5-13-7-9-17-10-8-13/h7-11H,4-6H2,1-3H3,(H,18,20). The van der Waals surface area contributed by atoms with E-state index in [0.29, 0.717) is 0 Å². The van der Waals surface area contributed by atoms with Gasteiger partial charge in [-0.15, -0.1) is 11.3 Å². The van der Waals surface area contributed by atoms with Crippen LogP contribution in [0.1, 0.15) is 46.2 Å². The predicted molar refractivity (Wildman–Crippen MR) is 85.7 cm³/mol. The number of thiazole rings is 1. The molecule has 1 N–H and O–H groups in total. The molecule has 21 heavy (non-hydrogen) atoms. The van der Waals surface area contributed by atoms with E-state index < -0.39 is 0 Å². The van der Waals surface area contributed by atoms with Gasteiger partial charge in [0.05, 0.1) is 10.7 Å². The first-order valence-electron chi connectivity index (χ1n) is 7.26. The van der Waals surface area contributed by atoms with Gasteiger partial charge in [0, 0.05) is 24.9 Å². The van der Waals surface area contributed by atoms with Crippen molar-refractivity contribution >= 4 is 17.2 Å². The van der Waals surface area contributed by atoms with Gasteiger partial charge in [0.25, 0.3) is 5.91 Å². The van der Waals surface area contributed by atoms with E-state index in [4.69, 9.17) is 0 Å². The zero-order valence-electron chi connectivity index (χ0n) is 12.7. The molecule has 0 saturated carbocycles. The first-order chi connectivity index (χ1) is 10.1. The van der Waals surface area contributed by atoms with E-state index in [-0.39, 0.29) is 11.9 Å². The summed E-state index contributed by atoms with van der Waals surface area (Å²) in [6, 6.07) is 4.22. The lowest BCUT2D eigenvalue weighted by molar-refractivity contribution is 0.0942. The molecule has 0 radical (unpaired) electrons. The van der Waals surface area contributed by atoms with Crippen LogP contribution in [0.5, 0.6) is 0 Å². The van der Waals surface area contributed by atoms with E-state index in [0.717, 1.165) is 34.8 Å². The van der Waals surface area contributed by atoms with Crippen LogP contribution in [0.25, 0.3) is 0 Å². The minimum absolute atomic E-state index is 0.00508. The van der Waals surface area contributed by atoms with Crippen LogP contribution >= 0.6 is 11.3 Å². The van der Waals surface area contributed by atoms with Gasteiger partial charge in [-0.3, -0.25) is 9.78 Å². The van der Waals surface area contributed by atoms with Crippen molar-refractivity contribution in [2.24, 2.45) is 0 Å². The molecule has 2 aromatic heterocycles. The maximum atomic E-state index is 12.2. The normalized spacial score (nSPS) is 12.1. The number of nitrogens with one attached hydrogen (secondary N) is 1. The van der Waals surface area contributed by atoms with Crippen molar-refractivity contribution < 1.29 is 4.79 Å². The maximum Gasteiger partial charge on any atom is 0.263 e. The minimum Gasteiger partial charge on any atom is -0.349 e. The number of aryl methyl sites for hydroxylation is 3. The fourth-order valence-electron chi connectivity index (χ4n) is 1.96. The van der Waals surface area contributed by atoms with Crippen LogP contribution in [-0.4, -0.2) is 21.9 Å². The number of aromatic nitrogens is 2. The van der Waals surface area contributed by atoms with Gasteiger partial charge in [0.1, 0.15) is 4.88 Å². The molecule has 0 saturated heterocycles. The van der Waals surface area contributed by atoms with Crippen LogP contribution in [0, 0.1) is 6.92 Å². The second-order valence-electron chi connectivity index (χ2n) is 5.16. The Bertz CT molecular complexity index is 595. The van der Waals surface area contributed by atoms with Crippen molar-refractivity contribution in [1.29, 1.82) is 0 Å². The summed E-state index contributed by atoms with van der Waals surface area (Å²) >= 11 is 1.50. The summed E-state index contributed by atoms with van der Waals surface area (Å²) in [5, 5.41) is 4.01. The third-order valence-corrected chi connectivity index (χ3v) is 4.63. The number of hydrogen-bond acceptors (Lipinski definition) is 4. The molecule has 5 heteroatoms. The summed E-state index contributed by atoms with van der Waals surface area (Å²) in [5.74, 6) is -0.00508. The summed E-state index contributed by atoms with van der Waals surface area (Å²) in [6.07, 6.45) is 6.30. The molecule has 2 heterocycles. The van der Waals surface area contributed by atoms with Gasteiger partial charge in [-0.25, -0.2) is 4.98 Å². The zero-order chi connectivity index (χ0) is 15.2. The molecular weight excluding hydrogens is 282 g/mol. The van der Waals surface area contributed by atoms with E-state index in [1.54, 1.807) is 12.4 Å². The Kier molecular flexibility index (Phi) is 5.44. The van der Waals surface area contributed by atoms with Gasteiger partial charge in [0.15, 0.2) is 0 Å². The van der Waals surface area contributed by atoms with Gasteiger partial charge < -0.3 is 5.32 Å². The van der Waals surface area contributed by atoms with Crippen molar-refractivity contribution in [1.82, 2.24) is 15.3 Å². The second-order valence-corrected chi connectivity index (χ2v) is 6.24. The van der Waals surface area contributed by atoms with Crippen LogP contribution in [0.3, 0.4) is 0 Å². The zero-order valence-corrected chi connectivity index (χ0v) is 13.5. The highest BCUT2D eigenvalue weighted by Crippen LogP contribution is 2.20. The Morgan fingerprint density at radius 2 is 2.05 bits per heavy atom. The summed E-state index contributed by atoms with van der Waals surface area (Å²) in [6.45, 7) is 5.97. The van der Waals surface area contributed by atoms with Crippen LogP contribution < -0.4 is 5.32 Å². The summed E-state index contributed by atoms with van der Waals surface area (Å²) < 4.78 is 0. The maximum absolute atomic E-state index is 12.2. The van der Waals surface area contributed by atoms with Crippen LogP contribution in [0.4, 0.5) is 0 Å². The number of nitrogens with zero attached hydrogens (tertiary/aromatic N) is 2. The molecular formula is C16H21N3OS. The topological polar surface area (TPSA) is 54.9 Å². The highest BCUT2D eigenvalue weighted by atomic mass is 32.1. The molecule has 0 bridgehead atoms. The average molecular weight is 303 g/mol. The third-order valence-electron chi connectivity index (χ3n) is 3.41. The van der Waals surface area contributed by atoms with E-state index in [9.17, 15) is 4.79 Å². The molecule has 4 nitrogen and oxygen atoms in total. The number of amides is 1. The number of carbonyl (C=O) groups is 1. The molecule has 112 valence electrons. The van der Waals surface area contributed by atoms with Gasteiger partial charge in [-0.2, -0.15) is 0 Å². The second kappa shape index (κ2) is 7.31. The lowest BCUT2D eigenvalue weighted by atomic mass is 10.1. The third kappa shape index (κ3) is 4.36. The molecule has 0 aliphatic rings. The van der Waals surface area contributed by atoms with Crippen LogP contribution in [0.15, 0.2) is 24.5 Å². The van der Waals surface area contributed by atoms with E-state index in [2.05, 4.69) is 22.2 Å². The van der Waals surface area contributed by atoms with Crippen molar-refractivity contribution in [3.05, 3.63) is 45.7 Å². The fourth-order valence-corrected chi connectivity index (χ4v) is 2.93. The molecule has 2 rings (SSSR count). The number of carbonyl (C=O) groups excluding carboxylic acids is 1. The highest BCUT2D eigenvalue weighted by molar-refractivity contribution is 7.13. The fraction of sp³-hybridized carbons (Fsp3) is 0.438. The number of rotatable bonds is 6. The van der Waals surface area contributed by atoms with Crippen LogP contribution in [-0.2, 0) is 12.8 Å². The van der Waals surface area contributed by atoms with Crippen molar-refractivity contribution in [3.8, 4) is 0 Å². The smallest absolute Gasteiger partial charge is 0.263 e. The molecule has 0 spiro atoms. The van der Waals surface area contributed by atoms with E-state index in [1.165, 1.54) is 16.9 Å². The van der Waals surface area contributed by atoms with Crippen molar-refractivity contribution in [3.63, 3.8) is 0 Å². The molecule has 0 aliphatic carbocycles. The van der Waals surface area contributed by atoms with Crippen molar-refractivity contribution in [2.75, 3.05) is 0 Å². The summed E-state index contributed by atoms with van der Waals surface area (Å²) in [5.41, 5.74) is 2.06. The van der Waals surface area contributed by atoms with Crippen molar-refractivity contribution in [2.45, 2.75) is 46.1 Å². The van der Waals surface area contributed by atoms with Gasteiger partial charge in [0.2, 0.25) is 0 Å². The minimum atomic E-state index is -0.00508. The van der Waals surface area contributed by atoms with E-state index in [1.807, 2.05) is 26.0 Å². The van der Waals surface area contributed by atoms with Gasteiger partial charge in [-0.1, -0.05) is 6.92 Å². The quantitative estimate of drug-likeness (QED) is 0.892.